The van der Waals surface area contributed by atoms with Crippen molar-refractivity contribution in [3.63, 3.8) is 0 Å². The average molecular weight is 266 g/mol. The van der Waals surface area contributed by atoms with Crippen molar-refractivity contribution in [3.8, 4) is 0 Å². The van der Waals surface area contributed by atoms with E-state index < -0.39 is 0 Å². The third kappa shape index (κ3) is 3.71. The van der Waals surface area contributed by atoms with Gasteiger partial charge in [0.1, 0.15) is 0 Å². The highest BCUT2D eigenvalue weighted by atomic mass is 16.5. The molecule has 0 aromatic heterocycles. The van der Waals surface area contributed by atoms with Crippen LogP contribution < -0.4 is 5.32 Å². The number of hydrogen-bond acceptors (Lipinski definition) is 3. The van der Waals surface area contributed by atoms with E-state index in [1.165, 1.54) is 64.6 Å². The topological polar surface area (TPSA) is 24.5 Å². The van der Waals surface area contributed by atoms with Crippen molar-refractivity contribution >= 4 is 0 Å². The summed E-state index contributed by atoms with van der Waals surface area (Å²) in [5.74, 6) is 0.767. The molecule has 1 saturated carbocycles. The minimum absolute atomic E-state index is 0.767. The molecule has 1 unspecified atom stereocenters. The second kappa shape index (κ2) is 6.55. The number of hydrogen-bond donors (Lipinski definition) is 1. The maximum atomic E-state index is 5.41. The Balaban J connectivity index is 1.27. The molecule has 0 amide bonds. The van der Waals surface area contributed by atoms with Gasteiger partial charge in [-0.05, 0) is 56.5 Å². The van der Waals surface area contributed by atoms with Gasteiger partial charge >= 0.3 is 0 Å². The van der Waals surface area contributed by atoms with Gasteiger partial charge in [-0.15, -0.1) is 0 Å². The summed E-state index contributed by atoms with van der Waals surface area (Å²) in [4.78, 5) is 2.67. The summed E-state index contributed by atoms with van der Waals surface area (Å²) in [5.41, 5.74) is 0.769. The molecule has 19 heavy (non-hydrogen) atoms. The van der Waals surface area contributed by atoms with E-state index in [2.05, 4.69) is 10.2 Å². The van der Waals surface area contributed by atoms with Crippen molar-refractivity contribution in [2.24, 2.45) is 11.3 Å². The highest BCUT2D eigenvalue weighted by Crippen LogP contribution is 2.45. The Morgan fingerprint density at radius 2 is 1.89 bits per heavy atom. The molecule has 3 rings (SSSR count). The van der Waals surface area contributed by atoms with Crippen LogP contribution in [-0.4, -0.2) is 50.8 Å². The fraction of sp³-hybridized carbons (Fsp3) is 1.00. The van der Waals surface area contributed by atoms with Crippen LogP contribution in [0.25, 0.3) is 0 Å². The van der Waals surface area contributed by atoms with E-state index in [0.29, 0.717) is 0 Å². The molecule has 3 nitrogen and oxygen atoms in total. The van der Waals surface area contributed by atoms with Gasteiger partial charge in [-0.3, -0.25) is 0 Å². The molecular formula is C16H30N2O. The van der Waals surface area contributed by atoms with Gasteiger partial charge in [0.15, 0.2) is 0 Å². The first kappa shape index (κ1) is 13.8. The van der Waals surface area contributed by atoms with Crippen LogP contribution in [0, 0.1) is 11.3 Å². The zero-order chi connectivity index (χ0) is 13.0. The molecule has 3 heteroatoms. The van der Waals surface area contributed by atoms with Gasteiger partial charge in [-0.2, -0.15) is 0 Å². The standard InChI is InChI=1S/C16H30N2O/c1-2-5-16(4-1)6-9-18(10-7-16)11-8-17-13-15-3-12-19-14-15/h15,17H,1-14H2. The maximum absolute atomic E-state index is 5.41. The van der Waals surface area contributed by atoms with Crippen molar-refractivity contribution < 1.29 is 4.74 Å². The highest BCUT2D eigenvalue weighted by molar-refractivity contribution is 4.89. The Labute approximate surface area is 118 Å². The van der Waals surface area contributed by atoms with Gasteiger partial charge in [-0.1, -0.05) is 12.8 Å². The Morgan fingerprint density at radius 3 is 2.58 bits per heavy atom. The van der Waals surface area contributed by atoms with E-state index in [9.17, 15) is 0 Å². The molecule has 0 aromatic carbocycles. The van der Waals surface area contributed by atoms with Gasteiger partial charge < -0.3 is 15.0 Å². The molecule has 110 valence electrons. The molecule has 0 bridgehead atoms. The monoisotopic (exact) mass is 266 g/mol. The summed E-state index contributed by atoms with van der Waals surface area (Å²) in [7, 11) is 0. The van der Waals surface area contributed by atoms with Crippen molar-refractivity contribution in [3.05, 3.63) is 0 Å². The first-order valence-electron chi connectivity index (χ1n) is 8.37. The van der Waals surface area contributed by atoms with Gasteiger partial charge in [0.25, 0.3) is 0 Å². The van der Waals surface area contributed by atoms with E-state index in [4.69, 9.17) is 4.74 Å². The van der Waals surface area contributed by atoms with Gasteiger partial charge in [0, 0.05) is 26.2 Å². The van der Waals surface area contributed by atoms with Gasteiger partial charge in [0.2, 0.25) is 0 Å². The summed E-state index contributed by atoms with van der Waals surface area (Å²) in [6.45, 7) is 8.17. The van der Waals surface area contributed by atoms with Crippen LogP contribution in [0.1, 0.15) is 44.9 Å². The lowest BCUT2D eigenvalue weighted by atomic mass is 9.77. The molecule has 1 spiro atoms. The minimum Gasteiger partial charge on any atom is -0.381 e. The third-order valence-electron chi connectivity index (χ3n) is 5.64. The molecule has 2 saturated heterocycles. The third-order valence-corrected chi connectivity index (χ3v) is 5.64. The van der Waals surface area contributed by atoms with Gasteiger partial charge in [0.05, 0.1) is 6.61 Å². The van der Waals surface area contributed by atoms with E-state index in [0.717, 1.165) is 37.6 Å². The lowest BCUT2D eigenvalue weighted by Crippen LogP contribution is -2.42. The lowest BCUT2D eigenvalue weighted by molar-refractivity contribution is 0.109. The lowest BCUT2D eigenvalue weighted by Gasteiger charge is -2.39. The summed E-state index contributed by atoms with van der Waals surface area (Å²) in [6, 6.07) is 0. The molecule has 1 aliphatic carbocycles. The van der Waals surface area contributed by atoms with E-state index in [-0.39, 0.29) is 0 Å². The maximum Gasteiger partial charge on any atom is 0.0507 e. The Kier molecular flexibility index (Phi) is 4.78. The van der Waals surface area contributed by atoms with Crippen LogP contribution in [0.15, 0.2) is 0 Å². The Hall–Kier alpha value is -0.120. The SMILES string of the molecule is C1CCC2(C1)CCN(CCNCC1CCOC1)CC2. The molecule has 3 fully saturated rings. The number of nitrogens with one attached hydrogen (secondary N) is 1. The molecule has 0 aromatic rings. The summed E-state index contributed by atoms with van der Waals surface area (Å²) in [6.07, 6.45) is 10.2. The predicted molar refractivity (Wildman–Crippen MR) is 78.4 cm³/mol. The normalized spacial score (nSPS) is 31.3. The molecule has 1 N–H and O–H groups in total. The second-order valence-electron chi connectivity index (χ2n) is 6.98. The number of likely N-dealkylation sites (tertiary alicyclic amines) is 1. The summed E-state index contributed by atoms with van der Waals surface area (Å²) < 4.78 is 5.41. The van der Waals surface area contributed by atoms with Crippen molar-refractivity contribution in [1.82, 2.24) is 10.2 Å². The largest absolute Gasteiger partial charge is 0.381 e. The second-order valence-corrected chi connectivity index (χ2v) is 6.98. The minimum atomic E-state index is 0.767. The first-order valence-corrected chi connectivity index (χ1v) is 8.37. The van der Waals surface area contributed by atoms with Crippen LogP contribution in [0.4, 0.5) is 0 Å². The quantitative estimate of drug-likeness (QED) is 0.773. The average Bonchev–Trinajstić information content (AvgIpc) is 3.09. The fourth-order valence-corrected chi connectivity index (χ4v) is 4.16. The zero-order valence-corrected chi connectivity index (χ0v) is 12.3. The molecule has 2 aliphatic heterocycles. The van der Waals surface area contributed by atoms with E-state index in [1.54, 1.807) is 0 Å². The van der Waals surface area contributed by atoms with Crippen molar-refractivity contribution in [2.75, 3.05) is 45.9 Å². The number of ether oxygens (including phenoxy) is 1. The number of piperidine rings is 1. The molecule has 1 atom stereocenters. The van der Waals surface area contributed by atoms with Gasteiger partial charge in [-0.25, -0.2) is 0 Å². The van der Waals surface area contributed by atoms with Crippen LogP contribution in [-0.2, 0) is 4.74 Å². The number of rotatable bonds is 5. The summed E-state index contributed by atoms with van der Waals surface area (Å²) >= 11 is 0. The van der Waals surface area contributed by atoms with Crippen molar-refractivity contribution in [2.45, 2.75) is 44.9 Å². The molecule has 3 aliphatic rings. The smallest absolute Gasteiger partial charge is 0.0507 e. The van der Waals surface area contributed by atoms with Crippen LogP contribution in [0.2, 0.25) is 0 Å². The summed E-state index contributed by atoms with van der Waals surface area (Å²) in [5, 5.41) is 3.61. The number of nitrogens with zero attached hydrogens (tertiary/aromatic N) is 1. The first-order chi connectivity index (χ1) is 9.36. The molecule has 2 heterocycles. The van der Waals surface area contributed by atoms with E-state index >= 15 is 0 Å². The molecule has 0 radical (unpaired) electrons. The predicted octanol–water partition coefficient (Wildman–Crippen LogP) is 2.27. The van der Waals surface area contributed by atoms with Crippen LogP contribution in [0.5, 0.6) is 0 Å². The van der Waals surface area contributed by atoms with Crippen molar-refractivity contribution in [1.29, 1.82) is 0 Å². The van der Waals surface area contributed by atoms with Crippen LogP contribution >= 0.6 is 0 Å². The van der Waals surface area contributed by atoms with Crippen LogP contribution in [0.3, 0.4) is 0 Å². The Bertz CT molecular complexity index is 260. The zero-order valence-electron chi connectivity index (χ0n) is 12.3. The van der Waals surface area contributed by atoms with E-state index in [1.807, 2.05) is 0 Å². The Morgan fingerprint density at radius 1 is 1.11 bits per heavy atom. The fourth-order valence-electron chi connectivity index (χ4n) is 4.16. The molecular weight excluding hydrogens is 236 g/mol. The highest BCUT2D eigenvalue weighted by Gasteiger charge is 2.36.